The van der Waals surface area contributed by atoms with Crippen LogP contribution in [0.1, 0.15) is 18.5 Å². The highest BCUT2D eigenvalue weighted by atomic mass is 16.2. The third-order valence-electron chi connectivity index (χ3n) is 3.29. The summed E-state index contributed by atoms with van der Waals surface area (Å²) in [6, 6.07) is 9.90. The molecule has 2 heterocycles. The molecule has 1 aromatic carbocycles. The number of hydrogen-bond acceptors (Lipinski definition) is 3. The van der Waals surface area contributed by atoms with Gasteiger partial charge in [-0.25, -0.2) is 0 Å². The summed E-state index contributed by atoms with van der Waals surface area (Å²) in [6.45, 7) is 1.54. The highest BCUT2D eigenvalue weighted by Gasteiger charge is 2.21. The standard InChI is InChI=1S/C14H16N4O/c19-14-2-1-9-18(14)13-5-3-11(4-6-13)15-10-12-7-8-16-17-12/h3-8,15H,1-2,9-10H2,(H,16,17). The molecule has 1 amide bonds. The fraction of sp³-hybridized carbons (Fsp3) is 0.286. The molecule has 1 aromatic heterocycles. The average molecular weight is 256 g/mol. The van der Waals surface area contributed by atoms with Gasteiger partial charge in [0.1, 0.15) is 0 Å². The summed E-state index contributed by atoms with van der Waals surface area (Å²) in [7, 11) is 0. The van der Waals surface area contributed by atoms with E-state index in [1.165, 1.54) is 0 Å². The summed E-state index contributed by atoms with van der Waals surface area (Å²) < 4.78 is 0. The van der Waals surface area contributed by atoms with E-state index in [9.17, 15) is 4.79 Å². The monoisotopic (exact) mass is 256 g/mol. The number of anilines is 2. The topological polar surface area (TPSA) is 61.0 Å². The van der Waals surface area contributed by atoms with Crippen LogP contribution in [0.5, 0.6) is 0 Å². The smallest absolute Gasteiger partial charge is 0.227 e. The van der Waals surface area contributed by atoms with E-state index < -0.39 is 0 Å². The van der Waals surface area contributed by atoms with Crippen molar-refractivity contribution in [3.8, 4) is 0 Å². The largest absolute Gasteiger partial charge is 0.379 e. The first-order valence-corrected chi connectivity index (χ1v) is 6.45. The molecule has 5 nitrogen and oxygen atoms in total. The molecule has 3 rings (SSSR count). The van der Waals surface area contributed by atoms with Gasteiger partial charge in [0.25, 0.3) is 0 Å². The van der Waals surface area contributed by atoms with Crippen LogP contribution in [0.15, 0.2) is 36.5 Å². The fourth-order valence-electron chi connectivity index (χ4n) is 2.26. The Hall–Kier alpha value is -2.30. The molecule has 0 atom stereocenters. The molecule has 5 heteroatoms. The number of nitrogens with zero attached hydrogens (tertiary/aromatic N) is 2. The van der Waals surface area contributed by atoms with Gasteiger partial charge in [-0.3, -0.25) is 9.89 Å². The van der Waals surface area contributed by atoms with Crippen molar-refractivity contribution >= 4 is 17.3 Å². The SMILES string of the molecule is O=C1CCCN1c1ccc(NCc2ccn[nH]2)cc1. The first-order valence-electron chi connectivity index (χ1n) is 6.45. The summed E-state index contributed by atoms with van der Waals surface area (Å²) in [4.78, 5) is 13.5. The fourth-order valence-corrected chi connectivity index (χ4v) is 2.26. The molecule has 2 N–H and O–H groups in total. The Morgan fingerprint density at radius 1 is 1.26 bits per heavy atom. The minimum atomic E-state index is 0.221. The summed E-state index contributed by atoms with van der Waals surface area (Å²) in [5, 5.41) is 10.1. The van der Waals surface area contributed by atoms with Crippen molar-refractivity contribution in [2.75, 3.05) is 16.8 Å². The van der Waals surface area contributed by atoms with Gasteiger partial charge < -0.3 is 10.2 Å². The molecule has 0 unspecified atom stereocenters. The number of rotatable bonds is 4. The van der Waals surface area contributed by atoms with Gasteiger partial charge in [0.2, 0.25) is 5.91 Å². The summed E-state index contributed by atoms with van der Waals surface area (Å²) in [6.07, 6.45) is 3.36. The Bertz CT molecular complexity index is 547. The van der Waals surface area contributed by atoms with Gasteiger partial charge in [0, 0.05) is 30.5 Å². The molecular weight excluding hydrogens is 240 g/mol. The predicted octanol–water partition coefficient (Wildman–Crippen LogP) is 2.15. The second-order valence-electron chi connectivity index (χ2n) is 4.63. The number of nitrogens with one attached hydrogen (secondary N) is 2. The summed E-state index contributed by atoms with van der Waals surface area (Å²) >= 11 is 0. The van der Waals surface area contributed by atoms with E-state index in [0.29, 0.717) is 13.0 Å². The van der Waals surface area contributed by atoms with Gasteiger partial charge in [-0.1, -0.05) is 0 Å². The van der Waals surface area contributed by atoms with Crippen molar-refractivity contribution in [3.63, 3.8) is 0 Å². The van der Waals surface area contributed by atoms with Gasteiger partial charge >= 0.3 is 0 Å². The van der Waals surface area contributed by atoms with Gasteiger partial charge in [0.05, 0.1) is 12.2 Å². The molecule has 0 aliphatic carbocycles. The van der Waals surface area contributed by atoms with Crippen molar-refractivity contribution in [1.29, 1.82) is 0 Å². The van der Waals surface area contributed by atoms with Crippen LogP contribution in [-0.2, 0) is 11.3 Å². The van der Waals surface area contributed by atoms with Crippen molar-refractivity contribution in [2.45, 2.75) is 19.4 Å². The maximum atomic E-state index is 11.6. The van der Waals surface area contributed by atoms with Crippen LogP contribution in [0.3, 0.4) is 0 Å². The molecule has 1 aliphatic rings. The quantitative estimate of drug-likeness (QED) is 0.881. The lowest BCUT2D eigenvalue weighted by Gasteiger charge is -2.16. The number of aromatic amines is 1. The second kappa shape index (κ2) is 5.14. The predicted molar refractivity (Wildman–Crippen MR) is 73.9 cm³/mol. The third kappa shape index (κ3) is 2.59. The molecule has 1 fully saturated rings. The van der Waals surface area contributed by atoms with Crippen LogP contribution in [0.2, 0.25) is 0 Å². The molecule has 1 saturated heterocycles. The normalized spacial score (nSPS) is 14.9. The Labute approximate surface area is 111 Å². The van der Waals surface area contributed by atoms with E-state index in [0.717, 1.165) is 30.0 Å². The van der Waals surface area contributed by atoms with Crippen molar-refractivity contribution < 1.29 is 4.79 Å². The molecular formula is C14H16N4O. The maximum absolute atomic E-state index is 11.6. The Balaban J connectivity index is 1.64. The third-order valence-corrected chi connectivity index (χ3v) is 3.29. The number of H-pyrrole nitrogens is 1. The molecule has 98 valence electrons. The molecule has 0 spiro atoms. The van der Waals surface area contributed by atoms with Gasteiger partial charge in [0.15, 0.2) is 0 Å². The van der Waals surface area contributed by atoms with Crippen molar-refractivity contribution in [2.24, 2.45) is 0 Å². The van der Waals surface area contributed by atoms with Crippen LogP contribution in [-0.4, -0.2) is 22.6 Å². The number of carbonyl (C=O) groups excluding carboxylic acids is 1. The second-order valence-corrected chi connectivity index (χ2v) is 4.63. The number of amides is 1. The van der Waals surface area contributed by atoms with Crippen molar-refractivity contribution in [3.05, 3.63) is 42.2 Å². The Morgan fingerprint density at radius 3 is 2.74 bits per heavy atom. The lowest BCUT2D eigenvalue weighted by molar-refractivity contribution is -0.117. The Morgan fingerprint density at radius 2 is 2.11 bits per heavy atom. The average Bonchev–Trinajstić information content (AvgIpc) is 3.08. The molecule has 1 aliphatic heterocycles. The summed E-state index contributed by atoms with van der Waals surface area (Å²) in [5.74, 6) is 0.221. The van der Waals surface area contributed by atoms with Gasteiger partial charge in [-0.05, 0) is 36.8 Å². The zero-order valence-corrected chi connectivity index (χ0v) is 10.6. The molecule has 0 saturated carbocycles. The minimum absolute atomic E-state index is 0.221. The van der Waals surface area contributed by atoms with Crippen LogP contribution in [0.4, 0.5) is 11.4 Å². The molecule has 0 bridgehead atoms. The van der Waals surface area contributed by atoms with Crippen LogP contribution >= 0.6 is 0 Å². The van der Waals surface area contributed by atoms with Crippen LogP contribution < -0.4 is 10.2 Å². The van der Waals surface area contributed by atoms with Crippen LogP contribution in [0, 0.1) is 0 Å². The number of aromatic nitrogens is 2. The van der Waals surface area contributed by atoms with Gasteiger partial charge in [-0.15, -0.1) is 0 Å². The highest BCUT2D eigenvalue weighted by molar-refractivity contribution is 5.95. The number of benzene rings is 1. The number of carbonyl (C=O) groups is 1. The van der Waals surface area contributed by atoms with Crippen LogP contribution in [0.25, 0.3) is 0 Å². The van der Waals surface area contributed by atoms with Crippen molar-refractivity contribution in [1.82, 2.24) is 10.2 Å². The van der Waals surface area contributed by atoms with E-state index in [2.05, 4.69) is 15.5 Å². The van der Waals surface area contributed by atoms with E-state index in [1.54, 1.807) is 6.20 Å². The zero-order chi connectivity index (χ0) is 13.1. The highest BCUT2D eigenvalue weighted by Crippen LogP contribution is 2.23. The number of hydrogen-bond donors (Lipinski definition) is 2. The minimum Gasteiger partial charge on any atom is -0.379 e. The van der Waals surface area contributed by atoms with E-state index in [-0.39, 0.29) is 5.91 Å². The molecule has 2 aromatic rings. The maximum Gasteiger partial charge on any atom is 0.227 e. The lowest BCUT2D eigenvalue weighted by Crippen LogP contribution is -2.23. The first kappa shape index (κ1) is 11.8. The first-order chi connectivity index (χ1) is 9.33. The van der Waals surface area contributed by atoms with E-state index in [1.807, 2.05) is 35.2 Å². The molecule has 0 radical (unpaired) electrons. The van der Waals surface area contributed by atoms with E-state index >= 15 is 0 Å². The van der Waals surface area contributed by atoms with Gasteiger partial charge in [-0.2, -0.15) is 5.10 Å². The Kier molecular flexibility index (Phi) is 3.18. The van der Waals surface area contributed by atoms with E-state index in [4.69, 9.17) is 0 Å². The molecule has 19 heavy (non-hydrogen) atoms. The summed E-state index contributed by atoms with van der Waals surface area (Å²) in [5.41, 5.74) is 3.05. The lowest BCUT2D eigenvalue weighted by atomic mass is 10.2. The zero-order valence-electron chi connectivity index (χ0n) is 10.6.